The highest BCUT2D eigenvalue weighted by atomic mass is 32.2. The fourth-order valence-electron chi connectivity index (χ4n) is 3.91. The molecule has 134 valence electrons. The smallest absolute Gasteiger partial charge is 0.260 e. The molecule has 3 heterocycles. The van der Waals surface area contributed by atoms with Gasteiger partial charge in [0.15, 0.2) is 5.03 Å². The summed E-state index contributed by atoms with van der Waals surface area (Å²) in [7, 11) is -3.49. The van der Waals surface area contributed by atoms with Crippen molar-refractivity contribution < 1.29 is 13.2 Å². The fourth-order valence-corrected chi connectivity index (χ4v) is 5.51. The maximum Gasteiger partial charge on any atom is 0.260 e. The van der Waals surface area contributed by atoms with Crippen molar-refractivity contribution in [3.63, 3.8) is 0 Å². The van der Waals surface area contributed by atoms with Crippen molar-refractivity contribution in [2.24, 2.45) is 5.41 Å². The molecular weight excluding hydrogens is 328 g/mol. The normalized spacial score (nSPS) is 22.2. The summed E-state index contributed by atoms with van der Waals surface area (Å²) in [6.45, 7) is 6.96. The minimum Gasteiger partial charge on any atom is -0.342 e. The lowest BCUT2D eigenvalue weighted by molar-refractivity contribution is -0.138. The molecule has 0 N–H and O–H groups in total. The molecule has 0 unspecified atom stereocenters. The van der Waals surface area contributed by atoms with E-state index in [1.807, 2.05) is 18.7 Å². The molecule has 1 aromatic heterocycles. The predicted molar refractivity (Wildman–Crippen MR) is 89.8 cm³/mol. The number of piperidine rings is 2. The Bertz CT molecular complexity index is 705. The van der Waals surface area contributed by atoms with E-state index >= 15 is 0 Å². The van der Waals surface area contributed by atoms with Gasteiger partial charge in [-0.3, -0.25) is 9.48 Å². The van der Waals surface area contributed by atoms with E-state index in [2.05, 4.69) is 5.10 Å². The van der Waals surface area contributed by atoms with Crippen LogP contribution in [0.2, 0.25) is 0 Å². The molecule has 7 nitrogen and oxygen atoms in total. The molecule has 1 aromatic rings. The lowest BCUT2D eigenvalue weighted by Gasteiger charge is -2.46. The standard InChI is InChI=1S/C16H26N4O3S/c1-3-18-13-16(7-5-14(18)21)8-11-19(12-9-16)24(22,23)15-6-10-17-20(15)4-2/h6,10H,3-5,7-9,11-13H2,1-2H3. The van der Waals surface area contributed by atoms with Crippen LogP contribution in [0.15, 0.2) is 17.3 Å². The summed E-state index contributed by atoms with van der Waals surface area (Å²) >= 11 is 0. The molecule has 1 spiro atoms. The molecule has 2 aliphatic heterocycles. The highest BCUT2D eigenvalue weighted by molar-refractivity contribution is 7.89. The molecule has 2 aliphatic rings. The van der Waals surface area contributed by atoms with Gasteiger partial charge in [-0.25, -0.2) is 8.42 Å². The van der Waals surface area contributed by atoms with E-state index in [1.54, 1.807) is 10.4 Å². The van der Waals surface area contributed by atoms with E-state index < -0.39 is 10.0 Å². The summed E-state index contributed by atoms with van der Waals surface area (Å²) in [5, 5.41) is 4.35. The van der Waals surface area contributed by atoms with Crippen LogP contribution in [0.25, 0.3) is 0 Å². The van der Waals surface area contributed by atoms with Crippen molar-refractivity contribution in [2.45, 2.75) is 51.1 Å². The van der Waals surface area contributed by atoms with Crippen LogP contribution in [0, 0.1) is 5.41 Å². The summed E-state index contributed by atoms with van der Waals surface area (Å²) in [5.74, 6) is 0.227. The highest BCUT2D eigenvalue weighted by Gasteiger charge is 2.43. The zero-order valence-corrected chi connectivity index (χ0v) is 15.3. The van der Waals surface area contributed by atoms with Gasteiger partial charge in [0.2, 0.25) is 5.91 Å². The summed E-state index contributed by atoms with van der Waals surface area (Å²) in [4.78, 5) is 13.8. The van der Waals surface area contributed by atoms with Crippen LogP contribution >= 0.6 is 0 Å². The van der Waals surface area contributed by atoms with Crippen LogP contribution in [-0.4, -0.2) is 59.5 Å². The lowest BCUT2D eigenvalue weighted by Crippen LogP contribution is -2.52. The number of sulfonamides is 1. The Kier molecular flexibility index (Phi) is 4.70. The third-order valence-electron chi connectivity index (χ3n) is 5.49. The summed E-state index contributed by atoms with van der Waals surface area (Å²) in [5.41, 5.74) is 0.0843. The largest absolute Gasteiger partial charge is 0.342 e. The van der Waals surface area contributed by atoms with Crippen LogP contribution < -0.4 is 0 Å². The molecule has 0 radical (unpaired) electrons. The van der Waals surface area contributed by atoms with Gasteiger partial charge in [-0.05, 0) is 44.6 Å². The number of nitrogens with zero attached hydrogens (tertiary/aromatic N) is 4. The molecule has 3 rings (SSSR count). The fraction of sp³-hybridized carbons (Fsp3) is 0.750. The first-order valence-electron chi connectivity index (χ1n) is 8.71. The van der Waals surface area contributed by atoms with E-state index in [9.17, 15) is 13.2 Å². The van der Waals surface area contributed by atoms with Crippen LogP contribution in [0.1, 0.15) is 39.5 Å². The van der Waals surface area contributed by atoms with Crippen molar-refractivity contribution in [2.75, 3.05) is 26.2 Å². The Morgan fingerprint density at radius 3 is 2.50 bits per heavy atom. The van der Waals surface area contributed by atoms with Crippen LogP contribution in [0.5, 0.6) is 0 Å². The maximum atomic E-state index is 12.9. The first-order valence-corrected chi connectivity index (χ1v) is 10.2. The molecule has 0 bridgehead atoms. The van der Waals surface area contributed by atoms with Gasteiger partial charge in [-0.1, -0.05) is 0 Å². The van der Waals surface area contributed by atoms with Gasteiger partial charge in [-0.2, -0.15) is 9.40 Å². The zero-order chi connectivity index (χ0) is 17.4. The van der Waals surface area contributed by atoms with Crippen molar-refractivity contribution in [3.05, 3.63) is 12.3 Å². The monoisotopic (exact) mass is 354 g/mol. The molecule has 2 saturated heterocycles. The van der Waals surface area contributed by atoms with Crippen molar-refractivity contribution in [3.8, 4) is 0 Å². The quantitative estimate of drug-likeness (QED) is 0.817. The van der Waals surface area contributed by atoms with Crippen LogP contribution in [0.3, 0.4) is 0 Å². The van der Waals surface area contributed by atoms with Crippen molar-refractivity contribution >= 4 is 15.9 Å². The second-order valence-electron chi connectivity index (χ2n) is 6.80. The van der Waals surface area contributed by atoms with Gasteiger partial charge in [0, 0.05) is 39.1 Å². The van der Waals surface area contributed by atoms with E-state index in [-0.39, 0.29) is 16.3 Å². The number of aromatic nitrogens is 2. The molecule has 0 saturated carbocycles. The SMILES string of the molecule is CCN1CC2(CCC1=O)CCN(S(=O)(=O)c1ccnn1CC)CC2. The molecule has 0 aliphatic carbocycles. The van der Waals surface area contributed by atoms with Gasteiger partial charge in [0.1, 0.15) is 0 Å². The summed E-state index contributed by atoms with van der Waals surface area (Å²) in [6, 6.07) is 1.57. The Morgan fingerprint density at radius 2 is 1.88 bits per heavy atom. The lowest BCUT2D eigenvalue weighted by atomic mass is 9.73. The maximum absolute atomic E-state index is 12.9. The van der Waals surface area contributed by atoms with Gasteiger partial charge < -0.3 is 4.90 Å². The van der Waals surface area contributed by atoms with Gasteiger partial charge in [-0.15, -0.1) is 0 Å². The third kappa shape index (κ3) is 2.97. The minimum absolute atomic E-state index is 0.0843. The van der Waals surface area contributed by atoms with Gasteiger partial charge in [0.05, 0.1) is 6.20 Å². The first-order chi connectivity index (χ1) is 11.4. The number of hydrogen-bond acceptors (Lipinski definition) is 4. The molecule has 2 fully saturated rings. The Morgan fingerprint density at radius 1 is 1.17 bits per heavy atom. The molecule has 0 aromatic carbocycles. The molecule has 24 heavy (non-hydrogen) atoms. The number of aryl methyl sites for hydroxylation is 1. The first kappa shape index (κ1) is 17.4. The Balaban J connectivity index is 1.72. The summed E-state index contributed by atoms with van der Waals surface area (Å²) in [6.07, 6.45) is 4.63. The summed E-state index contributed by atoms with van der Waals surface area (Å²) < 4.78 is 28.8. The van der Waals surface area contributed by atoms with E-state index in [0.717, 1.165) is 32.4 Å². The molecule has 8 heteroatoms. The minimum atomic E-state index is -3.49. The van der Waals surface area contributed by atoms with E-state index in [4.69, 9.17) is 0 Å². The van der Waals surface area contributed by atoms with Crippen LogP contribution in [0.4, 0.5) is 0 Å². The second-order valence-corrected chi connectivity index (χ2v) is 8.68. The van der Waals surface area contributed by atoms with Crippen molar-refractivity contribution in [1.29, 1.82) is 0 Å². The van der Waals surface area contributed by atoms with Crippen molar-refractivity contribution in [1.82, 2.24) is 19.0 Å². The van der Waals surface area contributed by atoms with Gasteiger partial charge in [0.25, 0.3) is 10.0 Å². The van der Waals surface area contributed by atoms with E-state index in [0.29, 0.717) is 26.1 Å². The average Bonchev–Trinajstić information content (AvgIpc) is 3.07. The average molecular weight is 354 g/mol. The number of amides is 1. The number of likely N-dealkylation sites (tertiary alicyclic amines) is 1. The van der Waals surface area contributed by atoms with Gasteiger partial charge >= 0.3 is 0 Å². The molecular formula is C16H26N4O3S. The molecule has 0 atom stereocenters. The molecule has 1 amide bonds. The van der Waals surface area contributed by atoms with E-state index in [1.165, 1.54) is 10.9 Å². The zero-order valence-electron chi connectivity index (χ0n) is 14.4. The Labute approximate surface area is 143 Å². The predicted octanol–water partition coefficient (Wildman–Crippen LogP) is 1.32. The number of carbonyl (C=O) groups is 1. The number of rotatable bonds is 4. The Hall–Kier alpha value is -1.41. The van der Waals surface area contributed by atoms with Crippen LogP contribution in [-0.2, 0) is 21.4 Å². The number of hydrogen-bond donors (Lipinski definition) is 0. The number of carbonyl (C=O) groups excluding carboxylic acids is 1. The topological polar surface area (TPSA) is 75.5 Å². The second kappa shape index (κ2) is 6.48. The third-order valence-corrected chi connectivity index (χ3v) is 7.41. The highest BCUT2D eigenvalue weighted by Crippen LogP contribution is 2.41.